The molecule has 30 heavy (non-hydrogen) atoms. The SMILES string of the molecule is O=CN1CCNN(c2c(F)cc(N3C[C@]4(C[C@@H]4n4ccnn4)OC3=O)cc2F)CC1. The number of ether oxygens (including phenoxy) is 1. The second kappa shape index (κ2) is 6.90. The van der Waals surface area contributed by atoms with Gasteiger partial charge in [-0.25, -0.2) is 23.7 Å². The second-order valence-electron chi connectivity index (χ2n) is 7.58. The van der Waals surface area contributed by atoms with E-state index in [1.54, 1.807) is 10.9 Å². The number of nitrogens with one attached hydrogen (secondary N) is 1. The minimum atomic E-state index is -0.811. The Morgan fingerprint density at radius 2 is 2.03 bits per heavy atom. The monoisotopic (exact) mass is 419 g/mol. The van der Waals surface area contributed by atoms with Crippen molar-refractivity contribution in [3.63, 3.8) is 0 Å². The Balaban J connectivity index is 1.36. The van der Waals surface area contributed by atoms with Crippen molar-refractivity contribution in [3.05, 3.63) is 36.2 Å². The molecule has 1 aliphatic carbocycles. The maximum atomic E-state index is 14.9. The number of carbonyl (C=O) groups excluding carboxylic acids is 2. The van der Waals surface area contributed by atoms with Gasteiger partial charge in [0, 0.05) is 44.4 Å². The van der Waals surface area contributed by atoms with E-state index in [2.05, 4.69) is 15.7 Å². The smallest absolute Gasteiger partial charge is 0.415 e. The zero-order valence-corrected chi connectivity index (χ0v) is 15.9. The Morgan fingerprint density at radius 1 is 1.23 bits per heavy atom. The third-order valence-electron chi connectivity index (χ3n) is 5.73. The molecule has 0 unspecified atom stereocenters. The minimum absolute atomic E-state index is 0.0872. The van der Waals surface area contributed by atoms with E-state index >= 15 is 0 Å². The number of amides is 2. The van der Waals surface area contributed by atoms with Crippen LogP contribution in [0.25, 0.3) is 0 Å². The summed E-state index contributed by atoms with van der Waals surface area (Å²) >= 11 is 0. The lowest BCUT2D eigenvalue weighted by Crippen LogP contribution is -2.40. The lowest BCUT2D eigenvalue weighted by atomic mass is 10.2. The standard InChI is InChI=1S/C18H19F2N7O3/c19-13-7-12(8-14(20)16(13)27-6-5-24(11-28)3-2-22-27)25-10-18(30-17(25)29)9-15(18)26-4-1-21-23-26/h1,4,7-8,11,15,22H,2-3,5-6,9-10H2/t15-,18-/m0/s1. The highest BCUT2D eigenvalue weighted by molar-refractivity contribution is 5.91. The Morgan fingerprint density at radius 3 is 2.73 bits per heavy atom. The van der Waals surface area contributed by atoms with E-state index in [1.807, 2.05) is 0 Å². The summed E-state index contributed by atoms with van der Waals surface area (Å²) in [6.07, 6.45) is 3.84. The summed E-state index contributed by atoms with van der Waals surface area (Å²) in [7, 11) is 0. The van der Waals surface area contributed by atoms with Crippen LogP contribution in [-0.4, -0.2) is 70.7 Å². The molecule has 1 N–H and O–H groups in total. The van der Waals surface area contributed by atoms with Gasteiger partial charge in [-0.1, -0.05) is 5.21 Å². The largest absolute Gasteiger partial charge is 0.438 e. The molecule has 1 spiro atoms. The first-order chi connectivity index (χ1) is 14.5. The van der Waals surface area contributed by atoms with Gasteiger partial charge >= 0.3 is 6.09 Å². The van der Waals surface area contributed by atoms with Gasteiger partial charge in [0.2, 0.25) is 6.41 Å². The highest BCUT2D eigenvalue weighted by Gasteiger charge is 2.65. The maximum Gasteiger partial charge on any atom is 0.415 e. The average molecular weight is 419 g/mol. The topological polar surface area (TPSA) is 95.8 Å². The maximum absolute atomic E-state index is 14.9. The number of hydrogen-bond acceptors (Lipinski definition) is 7. The van der Waals surface area contributed by atoms with Crippen LogP contribution in [0.4, 0.5) is 25.0 Å². The molecule has 1 saturated carbocycles. The summed E-state index contributed by atoms with van der Waals surface area (Å²) in [6.45, 7) is 1.53. The summed E-state index contributed by atoms with van der Waals surface area (Å²) in [4.78, 5) is 26.1. The van der Waals surface area contributed by atoms with E-state index in [0.29, 0.717) is 32.5 Å². The molecule has 1 aromatic heterocycles. The summed E-state index contributed by atoms with van der Waals surface area (Å²) in [5, 5.41) is 9.04. The van der Waals surface area contributed by atoms with Crippen molar-refractivity contribution in [1.29, 1.82) is 0 Å². The third kappa shape index (κ3) is 3.03. The average Bonchev–Trinajstić information content (AvgIpc) is 3.04. The van der Waals surface area contributed by atoms with Crippen LogP contribution in [0, 0.1) is 11.6 Å². The Bertz CT molecular complexity index is 965. The Labute approximate surface area is 169 Å². The third-order valence-corrected chi connectivity index (χ3v) is 5.73. The quantitative estimate of drug-likeness (QED) is 0.728. The predicted molar refractivity (Wildman–Crippen MR) is 99.6 cm³/mol. The molecule has 2 saturated heterocycles. The number of nitrogens with zero attached hydrogens (tertiary/aromatic N) is 6. The summed E-state index contributed by atoms with van der Waals surface area (Å²) in [5.74, 6) is -1.62. The summed E-state index contributed by atoms with van der Waals surface area (Å²) in [6, 6.07) is 2.09. The normalized spacial score (nSPS) is 26.1. The molecular weight excluding hydrogens is 400 g/mol. The van der Waals surface area contributed by atoms with E-state index in [0.717, 1.165) is 12.1 Å². The van der Waals surface area contributed by atoms with Gasteiger partial charge in [0.1, 0.15) is 5.69 Å². The van der Waals surface area contributed by atoms with Crippen molar-refractivity contribution in [2.45, 2.75) is 18.1 Å². The molecule has 0 bridgehead atoms. The van der Waals surface area contributed by atoms with Crippen LogP contribution in [0.5, 0.6) is 0 Å². The zero-order chi connectivity index (χ0) is 20.9. The van der Waals surface area contributed by atoms with Crippen LogP contribution in [0.15, 0.2) is 24.5 Å². The van der Waals surface area contributed by atoms with Crippen LogP contribution in [-0.2, 0) is 9.53 Å². The van der Waals surface area contributed by atoms with Crippen LogP contribution in [0.1, 0.15) is 12.5 Å². The summed E-state index contributed by atoms with van der Waals surface area (Å²) < 4.78 is 36.9. The van der Waals surface area contributed by atoms with Gasteiger partial charge in [0.15, 0.2) is 17.2 Å². The van der Waals surface area contributed by atoms with Gasteiger partial charge < -0.3 is 14.6 Å². The molecule has 3 heterocycles. The molecule has 2 aliphatic heterocycles. The molecule has 3 aliphatic rings. The lowest BCUT2D eigenvalue weighted by molar-refractivity contribution is -0.117. The highest BCUT2D eigenvalue weighted by atomic mass is 19.1. The molecular formula is C18H19F2N7O3. The van der Waals surface area contributed by atoms with Crippen molar-refractivity contribution in [2.24, 2.45) is 0 Å². The molecule has 0 radical (unpaired) electrons. The highest BCUT2D eigenvalue weighted by Crippen LogP contribution is 2.54. The van der Waals surface area contributed by atoms with E-state index < -0.39 is 23.3 Å². The number of hydrogen-bond donors (Lipinski definition) is 1. The molecule has 10 nitrogen and oxygen atoms in total. The number of hydrazine groups is 1. The van der Waals surface area contributed by atoms with Gasteiger partial charge in [-0.3, -0.25) is 9.69 Å². The molecule has 1 aromatic carbocycles. The fourth-order valence-corrected chi connectivity index (χ4v) is 4.07. The molecule has 158 valence electrons. The van der Waals surface area contributed by atoms with Crippen molar-refractivity contribution >= 4 is 23.9 Å². The Hall–Kier alpha value is -3.28. The van der Waals surface area contributed by atoms with Gasteiger partial charge in [-0.15, -0.1) is 5.10 Å². The van der Waals surface area contributed by atoms with Gasteiger partial charge in [0.25, 0.3) is 0 Å². The molecule has 2 aromatic rings. The van der Waals surface area contributed by atoms with E-state index in [9.17, 15) is 18.4 Å². The van der Waals surface area contributed by atoms with Crippen molar-refractivity contribution in [1.82, 2.24) is 25.3 Å². The lowest BCUT2D eigenvalue weighted by Gasteiger charge is -2.25. The van der Waals surface area contributed by atoms with Crippen molar-refractivity contribution in [2.75, 3.05) is 42.6 Å². The number of halogens is 2. The van der Waals surface area contributed by atoms with Crippen LogP contribution in [0.2, 0.25) is 0 Å². The predicted octanol–water partition coefficient (Wildman–Crippen LogP) is 0.680. The number of aromatic nitrogens is 3. The first-order valence-corrected chi connectivity index (χ1v) is 9.56. The number of rotatable bonds is 4. The van der Waals surface area contributed by atoms with Crippen LogP contribution < -0.4 is 15.3 Å². The first kappa shape index (κ1) is 18.7. The van der Waals surface area contributed by atoms with E-state index in [4.69, 9.17) is 4.74 Å². The molecule has 12 heteroatoms. The minimum Gasteiger partial charge on any atom is -0.438 e. The second-order valence-corrected chi connectivity index (χ2v) is 7.58. The number of carbonyl (C=O) groups is 2. The molecule has 2 atom stereocenters. The van der Waals surface area contributed by atoms with Crippen LogP contribution in [0.3, 0.4) is 0 Å². The van der Waals surface area contributed by atoms with Crippen LogP contribution >= 0.6 is 0 Å². The molecule has 3 fully saturated rings. The molecule has 5 rings (SSSR count). The van der Waals surface area contributed by atoms with E-state index in [-0.39, 0.29) is 30.5 Å². The fraction of sp³-hybridized carbons (Fsp3) is 0.444. The van der Waals surface area contributed by atoms with Gasteiger partial charge in [-0.2, -0.15) is 0 Å². The zero-order valence-electron chi connectivity index (χ0n) is 15.9. The van der Waals surface area contributed by atoms with Crippen molar-refractivity contribution < 1.29 is 23.1 Å². The number of anilines is 2. The molecule has 2 amide bonds. The van der Waals surface area contributed by atoms with E-state index in [1.165, 1.54) is 21.0 Å². The van der Waals surface area contributed by atoms with Crippen molar-refractivity contribution in [3.8, 4) is 0 Å². The van der Waals surface area contributed by atoms with Gasteiger partial charge in [0.05, 0.1) is 31.0 Å². The van der Waals surface area contributed by atoms with Gasteiger partial charge in [-0.05, 0) is 0 Å². The fourth-order valence-electron chi connectivity index (χ4n) is 4.07. The Kier molecular flexibility index (Phi) is 4.31. The first-order valence-electron chi connectivity index (χ1n) is 9.56. The number of benzene rings is 1. The summed E-state index contributed by atoms with van der Waals surface area (Å²) in [5.41, 5.74) is 1.99.